The summed E-state index contributed by atoms with van der Waals surface area (Å²) in [5, 5.41) is 12.4. The average Bonchev–Trinajstić information content (AvgIpc) is 3.36. The fourth-order valence-electron chi connectivity index (χ4n) is 6.67. The third-order valence-electron chi connectivity index (χ3n) is 10.0. The SMILES string of the molecule is [C-]#[N+]c1ccc(-c2nc3cc(C)c4c(-c5cccc(B6OC(C)(C)C(C)(C)O6)c5)nc5ccccc5c4c3nc2-c2ccc(C#N)cc2)cc1. The minimum atomic E-state index is -0.503. The van der Waals surface area contributed by atoms with Gasteiger partial charge in [-0.3, -0.25) is 0 Å². The Bertz CT molecular complexity index is 2570. The van der Waals surface area contributed by atoms with Crippen molar-refractivity contribution in [3.63, 3.8) is 0 Å². The average molecular weight is 650 g/mol. The molecule has 0 aliphatic carbocycles. The number of hydrogen-bond acceptors (Lipinski definition) is 6. The van der Waals surface area contributed by atoms with Gasteiger partial charge in [0, 0.05) is 27.3 Å². The van der Waals surface area contributed by atoms with Crippen molar-refractivity contribution < 1.29 is 9.31 Å². The zero-order valence-electron chi connectivity index (χ0n) is 28.4. The Morgan fingerprint density at radius 1 is 0.680 bits per heavy atom. The quantitative estimate of drug-likeness (QED) is 0.107. The van der Waals surface area contributed by atoms with E-state index in [0.717, 1.165) is 66.1 Å². The van der Waals surface area contributed by atoms with E-state index in [1.54, 1.807) is 24.3 Å². The van der Waals surface area contributed by atoms with Crippen molar-refractivity contribution in [1.82, 2.24) is 15.0 Å². The van der Waals surface area contributed by atoms with Gasteiger partial charge in [0.15, 0.2) is 5.69 Å². The zero-order valence-corrected chi connectivity index (χ0v) is 28.4. The van der Waals surface area contributed by atoms with Crippen molar-refractivity contribution in [3.8, 4) is 39.8 Å². The van der Waals surface area contributed by atoms with Crippen LogP contribution in [-0.2, 0) is 9.31 Å². The van der Waals surface area contributed by atoms with Crippen LogP contribution < -0.4 is 5.46 Å². The molecule has 0 N–H and O–H groups in total. The molecule has 240 valence electrons. The molecule has 1 saturated heterocycles. The van der Waals surface area contributed by atoms with Gasteiger partial charge in [0.05, 0.1) is 63.0 Å². The number of para-hydroxylation sites is 1. The van der Waals surface area contributed by atoms with E-state index in [1.165, 1.54) is 0 Å². The highest BCUT2D eigenvalue weighted by Gasteiger charge is 2.51. The highest BCUT2D eigenvalue weighted by atomic mass is 16.7. The standard InChI is InChI=1S/C42H32BN5O2/c1-25-22-34-40(48-39(27-16-14-26(24-44)15-17-27)38(47-34)28-18-20-31(45-6)21-19-28)36-32-12-7-8-13-33(32)46-37(35(25)36)29-10-9-11-30(23-29)43-49-41(2,3)42(4,5)50-43/h7-23H,1-5H3. The number of hydrogen-bond donors (Lipinski definition) is 0. The highest BCUT2D eigenvalue weighted by Crippen LogP contribution is 2.41. The van der Waals surface area contributed by atoms with E-state index in [1.807, 2.05) is 54.6 Å². The van der Waals surface area contributed by atoms with Gasteiger partial charge in [-0.15, -0.1) is 0 Å². The van der Waals surface area contributed by atoms with E-state index >= 15 is 0 Å². The van der Waals surface area contributed by atoms with Gasteiger partial charge in [0.2, 0.25) is 0 Å². The third-order valence-corrected chi connectivity index (χ3v) is 10.0. The Morgan fingerprint density at radius 2 is 1.32 bits per heavy atom. The Labute approximate surface area is 291 Å². The lowest BCUT2D eigenvalue weighted by molar-refractivity contribution is 0.00578. The summed E-state index contributed by atoms with van der Waals surface area (Å²) in [6.45, 7) is 17.8. The fourth-order valence-corrected chi connectivity index (χ4v) is 6.67. The Hall–Kier alpha value is -5.93. The molecule has 1 aliphatic rings. The molecule has 0 spiro atoms. The van der Waals surface area contributed by atoms with Gasteiger partial charge in [-0.05, 0) is 75.5 Å². The first kappa shape index (κ1) is 31.3. The van der Waals surface area contributed by atoms with Crippen LogP contribution in [-0.4, -0.2) is 33.3 Å². The molecule has 8 rings (SSSR count). The van der Waals surface area contributed by atoms with Gasteiger partial charge in [-0.2, -0.15) is 5.26 Å². The number of aromatic nitrogens is 3. The fraction of sp³-hybridized carbons (Fsp3) is 0.167. The zero-order chi connectivity index (χ0) is 34.8. The lowest BCUT2D eigenvalue weighted by Crippen LogP contribution is -2.41. The summed E-state index contributed by atoms with van der Waals surface area (Å²) < 4.78 is 12.8. The molecule has 0 radical (unpaired) electrons. The summed E-state index contributed by atoms with van der Waals surface area (Å²) >= 11 is 0. The summed E-state index contributed by atoms with van der Waals surface area (Å²) in [5.74, 6) is 0. The molecule has 3 heterocycles. The lowest BCUT2D eigenvalue weighted by atomic mass is 9.78. The molecule has 5 aromatic carbocycles. The maximum atomic E-state index is 9.49. The molecule has 7 aromatic rings. The van der Waals surface area contributed by atoms with Crippen molar-refractivity contribution in [2.75, 3.05) is 0 Å². The minimum Gasteiger partial charge on any atom is -0.399 e. The number of aryl methyl sites for hydroxylation is 1. The molecule has 7 nitrogen and oxygen atoms in total. The molecule has 0 bridgehead atoms. The highest BCUT2D eigenvalue weighted by molar-refractivity contribution is 6.62. The maximum absolute atomic E-state index is 9.49. The van der Waals surface area contributed by atoms with Crippen LogP contribution >= 0.6 is 0 Å². The summed E-state index contributed by atoms with van der Waals surface area (Å²) in [6, 6.07) is 35.6. The summed E-state index contributed by atoms with van der Waals surface area (Å²) in [5.41, 5.74) is 9.39. The minimum absolute atomic E-state index is 0.458. The van der Waals surface area contributed by atoms with E-state index in [-0.39, 0.29) is 0 Å². The number of rotatable bonds is 4. The first-order valence-corrected chi connectivity index (χ1v) is 16.5. The number of nitrogens with zero attached hydrogens (tertiary/aromatic N) is 5. The van der Waals surface area contributed by atoms with Crippen LogP contribution in [0.25, 0.3) is 71.3 Å². The second-order valence-corrected chi connectivity index (χ2v) is 13.8. The van der Waals surface area contributed by atoms with Crippen molar-refractivity contribution >= 4 is 51.0 Å². The van der Waals surface area contributed by atoms with E-state index in [9.17, 15) is 5.26 Å². The third kappa shape index (κ3) is 5.09. The first-order valence-electron chi connectivity index (χ1n) is 16.5. The Morgan fingerprint density at radius 3 is 2.00 bits per heavy atom. The molecule has 2 aromatic heterocycles. The second kappa shape index (κ2) is 11.6. The van der Waals surface area contributed by atoms with Crippen LogP contribution in [0.15, 0.2) is 103 Å². The van der Waals surface area contributed by atoms with Gasteiger partial charge in [0.25, 0.3) is 0 Å². The van der Waals surface area contributed by atoms with Crippen LogP contribution in [0.4, 0.5) is 5.69 Å². The van der Waals surface area contributed by atoms with Gasteiger partial charge in [-0.25, -0.2) is 19.8 Å². The maximum Gasteiger partial charge on any atom is 0.494 e. The van der Waals surface area contributed by atoms with Gasteiger partial charge < -0.3 is 9.31 Å². The van der Waals surface area contributed by atoms with E-state index in [0.29, 0.717) is 22.6 Å². The van der Waals surface area contributed by atoms with Crippen LogP contribution in [0.1, 0.15) is 38.8 Å². The Kier molecular flexibility index (Phi) is 7.27. The van der Waals surface area contributed by atoms with Crippen molar-refractivity contribution in [3.05, 3.63) is 126 Å². The van der Waals surface area contributed by atoms with E-state index in [2.05, 4.69) is 69.8 Å². The molecule has 0 unspecified atom stereocenters. The first-order chi connectivity index (χ1) is 24.1. The topological polar surface area (TPSA) is 85.3 Å². The van der Waals surface area contributed by atoms with E-state index in [4.69, 9.17) is 30.8 Å². The molecular weight excluding hydrogens is 617 g/mol. The number of nitriles is 1. The lowest BCUT2D eigenvalue weighted by Gasteiger charge is -2.32. The molecule has 50 heavy (non-hydrogen) atoms. The van der Waals surface area contributed by atoms with Crippen molar-refractivity contribution in [2.24, 2.45) is 0 Å². The predicted molar refractivity (Wildman–Crippen MR) is 200 cm³/mol. The molecule has 1 fully saturated rings. The van der Waals surface area contributed by atoms with Crippen LogP contribution in [0.2, 0.25) is 0 Å². The molecule has 1 aliphatic heterocycles. The van der Waals surface area contributed by atoms with Crippen molar-refractivity contribution in [2.45, 2.75) is 45.8 Å². The largest absolute Gasteiger partial charge is 0.494 e. The van der Waals surface area contributed by atoms with Crippen LogP contribution in [0.3, 0.4) is 0 Å². The van der Waals surface area contributed by atoms with Gasteiger partial charge >= 0.3 is 7.12 Å². The van der Waals surface area contributed by atoms with Gasteiger partial charge in [-0.1, -0.05) is 78.9 Å². The number of pyridine rings is 1. The predicted octanol–water partition coefficient (Wildman–Crippen LogP) is 9.36. The smallest absolute Gasteiger partial charge is 0.399 e. The monoisotopic (exact) mass is 649 g/mol. The molecular formula is C42H32BN5O2. The Balaban J connectivity index is 1.41. The summed E-state index contributed by atoms with van der Waals surface area (Å²) in [7, 11) is -0.503. The molecule has 0 saturated carbocycles. The van der Waals surface area contributed by atoms with E-state index < -0.39 is 18.3 Å². The van der Waals surface area contributed by atoms with Crippen molar-refractivity contribution in [1.29, 1.82) is 5.26 Å². The molecule has 0 amide bonds. The number of fused-ring (bicyclic) bond motifs is 5. The summed E-state index contributed by atoms with van der Waals surface area (Å²) in [6.07, 6.45) is 0. The van der Waals surface area contributed by atoms with Crippen LogP contribution in [0.5, 0.6) is 0 Å². The summed E-state index contributed by atoms with van der Waals surface area (Å²) in [4.78, 5) is 19.5. The normalized spacial score (nSPS) is 15.0. The molecule has 8 heteroatoms. The molecule has 0 atom stereocenters. The van der Waals surface area contributed by atoms with Crippen LogP contribution in [0, 0.1) is 24.8 Å². The van der Waals surface area contributed by atoms with Gasteiger partial charge in [0.1, 0.15) is 0 Å². The second-order valence-electron chi connectivity index (χ2n) is 13.8. The number of benzene rings is 5.